The molecular weight excluding hydrogens is 400 g/mol. The Balaban J connectivity index is 0.000000176. The third kappa shape index (κ3) is 5.05. The number of aromatic nitrogens is 2. The molecule has 0 saturated carbocycles. The zero-order chi connectivity index (χ0) is 22.4. The average Bonchev–Trinajstić information content (AvgIpc) is 2.82. The molecule has 0 spiro atoms. The van der Waals surface area contributed by atoms with E-state index in [1.807, 2.05) is 6.07 Å². The molecule has 0 amide bonds. The van der Waals surface area contributed by atoms with Gasteiger partial charge in [0.25, 0.3) is 0 Å². The number of ether oxygens (including phenoxy) is 3. The molecule has 0 aliphatic rings. The van der Waals surface area contributed by atoms with E-state index in [9.17, 15) is 9.59 Å². The molecule has 0 aliphatic heterocycles. The first kappa shape index (κ1) is 21.5. The van der Waals surface area contributed by atoms with Gasteiger partial charge in [0.1, 0.15) is 11.5 Å². The minimum absolute atomic E-state index is 0.248. The van der Waals surface area contributed by atoms with Crippen LogP contribution in [0.3, 0.4) is 0 Å². The molecule has 4 aromatic rings. The number of fused-ring (bicyclic) bond motifs is 2. The highest BCUT2D eigenvalue weighted by Crippen LogP contribution is 2.20. The summed E-state index contributed by atoms with van der Waals surface area (Å²) in [7, 11) is 4.48. The van der Waals surface area contributed by atoms with Crippen molar-refractivity contribution in [1.29, 1.82) is 0 Å². The van der Waals surface area contributed by atoms with Crippen LogP contribution < -0.4 is 9.47 Å². The van der Waals surface area contributed by atoms with Crippen LogP contribution in [0, 0.1) is 0 Å². The van der Waals surface area contributed by atoms with Gasteiger partial charge in [-0.25, -0.2) is 9.59 Å². The van der Waals surface area contributed by atoms with E-state index in [-0.39, 0.29) is 11.5 Å². The monoisotopic (exact) mass is 420 g/mol. The fourth-order valence-corrected chi connectivity index (χ4v) is 2.82. The average molecular weight is 420 g/mol. The van der Waals surface area contributed by atoms with Crippen molar-refractivity contribution in [2.75, 3.05) is 21.3 Å². The topological polar surface area (TPSA) is 108 Å². The van der Waals surface area contributed by atoms with Crippen LogP contribution in [0.15, 0.2) is 60.9 Å². The largest absolute Gasteiger partial charge is 0.495 e. The van der Waals surface area contributed by atoms with E-state index in [1.54, 1.807) is 63.0 Å². The lowest BCUT2D eigenvalue weighted by Gasteiger charge is -2.03. The fraction of sp³-hybridized carbons (Fsp3) is 0.130. The predicted molar refractivity (Wildman–Crippen MR) is 115 cm³/mol. The van der Waals surface area contributed by atoms with Crippen molar-refractivity contribution in [3.05, 3.63) is 72.1 Å². The Kier molecular flexibility index (Phi) is 6.61. The van der Waals surface area contributed by atoms with Gasteiger partial charge < -0.3 is 19.3 Å². The lowest BCUT2D eigenvalue weighted by atomic mass is 10.1. The van der Waals surface area contributed by atoms with Crippen molar-refractivity contribution in [1.82, 2.24) is 9.97 Å². The summed E-state index contributed by atoms with van der Waals surface area (Å²) in [5.41, 5.74) is 2.32. The van der Waals surface area contributed by atoms with Crippen molar-refractivity contribution < 1.29 is 28.9 Å². The first-order valence-corrected chi connectivity index (χ1v) is 9.14. The van der Waals surface area contributed by atoms with Crippen LogP contribution in [0.25, 0.3) is 21.8 Å². The normalized spacial score (nSPS) is 10.2. The van der Waals surface area contributed by atoms with E-state index < -0.39 is 5.97 Å². The molecule has 0 saturated heterocycles. The van der Waals surface area contributed by atoms with Crippen LogP contribution in [0.4, 0.5) is 0 Å². The maximum atomic E-state index is 11.3. The summed E-state index contributed by atoms with van der Waals surface area (Å²) in [6.45, 7) is 0. The summed E-state index contributed by atoms with van der Waals surface area (Å²) in [5.74, 6) is -0.0241. The first-order chi connectivity index (χ1) is 14.9. The van der Waals surface area contributed by atoms with Gasteiger partial charge in [-0.15, -0.1) is 0 Å². The molecule has 0 unspecified atom stereocenters. The fourth-order valence-electron chi connectivity index (χ4n) is 2.82. The van der Waals surface area contributed by atoms with Crippen LogP contribution in [-0.2, 0) is 4.74 Å². The lowest BCUT2D eigenvalue weighted by Crippen LogP contribution is -2.00. The molecule has 0 radical (unpaired) electrons. The molecule has 2 aromatic carbocycles. The van der Waals surface area contributed by atoms with Crippen molar-refractivity contribution >= 4 is 33.7 Å². The number of hydrogen-bond donors (Lipinski definition) is 1. The van der Waals surface area contributed by atoms with Crippen molar-refractivity contribution in [2.24, 2.45) is 0 Å². The number of methoxy groups -OCH3 is 3. The van der Waals surface area contributed by atoms with Crippen LogP contribution in [0.1, 0.15) is 20.7 Å². The van der Waals surface area contributed by atoms with Crippen LogP contribution >= 0.6 is 0 Å². The van der Waals surface area contributed by atoms with Crippen LogP contribution in [0.2, 0.25) is 0 Å². The molecule has 0 atom stereocenters. The van der Waals surface area contributed by atoms with Crippen molar-refractivity contribution in [2.45, 2.75) is 0 Å². The Bertz CT molecular complexity index is 1260. The van der Waals surface area contributed by atoms with E-state index in [0.29, 0.717) is 17.1 Å². The van der Waals surface area contributed by atoms with Gasteiger partial charge >= 0.3 is 11.9 Å². The standard InChI is InChI=1S/C12H11NO3.C11H9NO3/c1-15-10-6-9-5-8(12(14)16-2)3-4-11(9)13-7-10;1-15-9-5-8-4-7(11(13)14)2-3-10(8)12-6-9/h3-7H,1-2H3;2-6H,1H3,(H,13,14). The molecule has 0 aliphatic carbocycles. The third-order valence-electron chi connectivity index (χ3n) is 4.45. The number of hydrogen-bond acceptors (Lipinski definition) is 7. The Labute approximate surface area is 178 Å². The Morgan fingerprint density at radius 2 is 1.23 bits per heavy atom. The Morgan fingerprint density at radius 1 is 0.742 bits per heavy atom. The highest BCUT2D eigenvalue weighted by Gasteiger charge is 2.07. The smallest absolute Gasteiger partial charge is 0.337 e. The summed E-state index contributed by atoms with van der Waals surface area (Å²) < 4.78 is 14.7. The lowest BCUT2D eigenvalue weighted by molar-refractivity contribution is 0.0600. The second-order valence-electron chi connectivity index (χ2n) is 6.36. The molecule has 0 bridgehead atoms. The molecule has 31 heavy (non-hydrogen) atoms. The number of carboxylic acid groups (broad SMARTS) is 1. The number of carbonyl (C=O) groups excluding carboxylic acids is 1. The van der Waals surface area contributed by atoms with Gasteiger partial charge in [-0.2, -0.15) is 0 Å². The zero-order valence-electron chi connectivity index (χ0n) is 17.2. The van der Waals surface area contributed by atoms with Gasteiger partial charge in [-0.1, -0.05) is 0 Å². The molecular formula is C23H20N2O6. The summed E-state index contributed by atoms with van der Waals surface area (Å²) in [4.78, 5) is 30.4. The number of nitrogens with zero attached hydrogens (tertiary/aromatic N) is 2. The Hall–Kier alpha value is -4.20. The molecule has 0 fully saturated rings. The van der Waals surface area contributed by atoms with Crippen LogP contribution in [-0.4, -0.2) is 48.3 Å². The maximum absolute atomic E-state index is 11.3. The zero-order valence-corrected chi connectivity index (χ0v) is 17.2. The number of benzene rings is 2. The number of esters is 1. The van der Waals surface area contributed by atoms with E-state index >= 15 is 0 Å². The minimum Gasteiger partial charge on any atom is -0.495 e. The number of pyridine rings is 2. The molecule has 8 nitrogen and oxygen atoms in total. The molecule has 1 N–H and O–H groups in total. The number of carbonyl (C=O) groups is 2. The predicted octanol–water partition coefficient (Wildman–Crippen LogP) is 3.97. The van der Waals surface area contributed by atoms with Gasteiger partial charge in [0.05, 0.1) is 55.9 Å². The third-order valence-corrected chi connectivity index (χ3v) is 4.45. The molecule has 8 heteroatoms. The van der Waals surface area contributed by atoms with Crippen molar-refractivity contribution in [3.8, 4) is 11.5 Å². The van der Waals surface area contributed by atoms with Gasteiger partial charge in [0.2, 0.25) is 0 Å². The van der Waals surface area contributed by atoms with E-state index in [4.69, 9.17) is 14.6 Å². The highest BCUT2D eigenvalue weighted by molar-refractivity contribution is 5.95. The van der Waals surface area contributed by atoms with E-state index in [2.05, 4.69) is 14.7 Å². The van der Waals surface area contributed by atoms with Gasteiger partial charge in [-0.05, 0) is 48.5 Å². The minimum atomic E-state index is -0.945. The van der Waals surface area contributed by atoms with Crippen molar-refractivity contribution in [3.63, 3.8) is 0 Å². The molecule has 4 rings (SSSR count). The molecule has 158 valence electrons. The highest BCUT2D eigenvalue weighted by atomic mass is 16.5. The number of aromatic carboxylic acids is 1. The van der Waals surface area contributed by atoms with Gasteiger partial charge in [-0.3, -0.25) is 9.97 Å². The van der Waals surface area contributed by atoms with E-state index in [0.717, 1.165) is 21.8 Å². The van der Waals surface area contributed by atoms with Gasteiger partial charge in [0, 0.05) is 10.8 Å². The second-order valence-corrected chi connectivity index (χ2v) is 6.36. The Morgan fingerprint density at radius 3 is 1.68 bits per heavy atom. The van der Waals surface area contributed by atoms with Crippen LogP contribution in [0.5, 0.6) is 11.5 Å². The molecule has 2 heterocycles. The first-order valence-electron chi connectivity index (χ1n) is 9.14. The maximum Gasteiger partial charge on any atom is 0.337 e. The summed E-state index contributed by atoms with van der Waals surface area (Å²) in [6, 6.07) is 13.6. The summed E-state index contributed by atoms with van der Waals surface area (Å²) in [5, 5.41) is 10.4. The second kappa shape index (κ2) is 9.53. The number of carboxylic acids is 1. The van der Waals surface area contributed by atoms with Gasteiger partial charge in [0.15, 0.2) is 0 Å². The summed E-state index contributed by atoms with van der Waals surface area (Å²) in [6.07, 6.45) is 3.24. The van der Waals surface area contributed by atoms with E-state index in [1.165, 1.54) is 13.2 Å². The number of rotatable bonds is 4. The summed E-state index contributed by atoms with van der Waals surface area (Å²) >= 11 is 0. The SMILES string of the molecule is COC(=O)c1ccc2ncc(OC)cc2c1.COc1cnc2ccc(C(=O)O)cc2c1. The molecule has 2 aromatic heterocycles. The quantitative estimate of drug-likeness (QED) is 0.494.